The highest BCUT2D eigenvalue weighted by Crippen LogP contribution is 2.22. The molecule has 1 heterocycles. The molecule has 4 nitrogen and oxygen atoms in total. The third-order valence-electron chi connectivity index (χ3n) is 5.96. The molecule has 0 aromatic heterocycles. The van der Waals surface area contributed by atoms with Crippen LogP contribution in [0, 0.1) is 18.2 Å². The molecule has 1 N–H and O–H groups in total. The minimum Gasteiger partial charge on any atom is -0.347 e. The zero-order valence-electron chi connectivity index (χ0n) is 18.9. The standard InChI is InChI=1S/C25H33ClFN3O/c1-18-5-8-20(9-6-18)24(31)28-23(25(2,3)4)17-30-13-11-29(12-14-30)16-19-7-10-22(27)21(26)15-19/h5-10,15,23H,11-14,16-17H2,1-4H3,(H,28,31). The Bertz CT molecular complexity index is 887. The van der Waals surface area contributed by atoms with Gasteiger partial charge in [0.05, 0.1) is 5.02 Å². The minimum absolute atomic E-state index is 0.0215. The van der Waals surface area contributed by atoms with Crippen molar-refractivity contribution in [2.24, 2.45) is 5.41 Å². The molecule has 31 heavy (non-hydrogen) atoms. The second-order valence-electron chi connectivity index (χ2n) is 9.58. The molecule has 1 saturated heterocycles. The third-order valence-corrected chi connectivity index (χ3v) is 6.25. The fourth-order valence-corrected chi connectivity index (χ4v) is 3.97. The second kappa shape index (κ2) is 10.1. The quantitative estimate of drug-likeness (QED) is 0.696. The van der Waals surface area contributed by atoms with Crippen LogP contribution in [0.2, 0.25) is 5.02 Å². The van der Waals surface area contributed by atoms with Crippen molar-refractivity contribution in [1.82, 2.24) is 15.1 Å². The fourth-order valence-electron chi connectivity index (χ4n) is 3.77. The number of benzene rings is 2. The van der Waals surface area contributed by atoms with E-state index >= 15 is 0 Å². The molecule has 1 amide bonds. The molecular formula is C25H33ClFN3O. The highest BCUT2D eigenvalue weighted by molar-refractivity contribution is 6.30. The van der Waals surface area contributed by atoms with Gasteiger partial charge in [0.2, 0.25) is 0 Å². The number of carbonyl (C=O) groups is 1. The first kappa shape index (κ1) is 23.7. The first-order valence-corrected chi connectivity index (χ1v) is 11.3. The number of aryl methyl sites for hydroxylation is 1. The largest absolute Gasteiger partial charge is 0.347 e. The Kier molecular flexibility index (Phi) is 7.73. The topological polar surface area (TPSA) is 35.6 Å². The number of carbonyl (C=O) groups excluding carboxylic acids is 1. The van der Waals surface area contributed by atoms with Crippen molar-refractivity contribution in [3.8, 4) is 0 Å². The smallest absolute Gasteiger partial charge is 0.251 e. The summed E-state index contributed by atoms with van der Waals surface area (Å²) in [6.07, 6.45) is 0. The summed E-state index contributed by atoms with van der Waals surface area (Å²) in [6.45, 7) is 13.8. The van der Waals surface area contributed by atoms with Crippen molar-refractivity contribution < 1.29 is 9.18 Å². The van der Waals surface area contributed by atoms with Crippen LogP contribution in [0.15, 0.2) is 42.5 Å². The van der Waals surface area contributed by atoms with Crippen LogP contribution in [-0.4, -0.2) is 54.5 Å². The zero-order chi connectivity index (χ0) is 22.6. The summed E-state index contributed by atoms with van der Waals surface area (Å²) in [6, 6.07) is 12.7. The number of hydrogen-bond donors (Lipinski definition) is 1. The predicted octanol–water partition coefficient (Wildman–Crippen LogP) is 4.75. The summed E-state index contributed by atoms with van der Waals surface area (Å²) >= 11 is 5.91. The maximum absolute atomic E-state index is 13.4. The highest BCUT2D eigenvalue weighted by atomic mass is 35.5. The van der Waals surface area contributed by atoms with Gasteiger partial charge < -0.3 is 5.32 Å². The number of hydrogen-bond acceptors (Lipinski definition) is 3. The summed E-state index contributed by atoms with van der Waals surface area (Å²) in [4.78, 5) is 17.6. The number of nitrogens with zero attached hydrogens (tertiary/aromatic N) is 2. The molecule has 1 aliphatic heterocycles. The van der Waals surface area contributed by atoms with E-state index in [9.17, 15) is 9.18 Å². The molecule has 0 aliphatic carbocycles. The van der Waals surface area contributed by atoms with Gasteiger partial charge in [0.25, 0.3) is 5.91 Å². The first-order valence-electron chi connectivity index (χ1n) is 10.9. The summed E-state index contributed by atoms with van der Waals surface area (Å²) < 4.78 is 13.4. The van der Waals surface area contributed by atoms with Crippen LogP contribution < -0.4 is 5.32 Å². The molecule has 0 saturated carbocycles. The molecule has 168 valence electrons. The predicted molar refractivity (Wildman–Crippen MR) is 125 cm³/mol. The molecular weight excluding hydrogens is 413 g/mol. The van der Waals surface area contributed by atoms with E-state index in [1.807, 2.05) is 31.2 Å². The van der Waals surface area contributed by atoms with Gasteiger partial charge in [-0.05, 0) is 42.2 Å². The van der Waals surface area contributed by atoms with Gasteiger partial charge in [-0.1, -0.05) is 56.1 Å². The van der Waals surface area contributed by atoms with Gasteiger partial charge in [-0.25, -0.2) is 4.39 Å². The summed E-state index contributed by atoms with van der Waals surface area (Å²) in [5.41, 5.74) is 2.81. The normalized spacial score (nSPS) is 16.8. The molecule has 2 aromatic carbocycles. The van der Waals surface area contributed by atoms with Gasteiger partial charge in [-0.2, -0.15) is 0 Å². The average molecular weight is 446 g/mol. The van der Waals surface area contributed by atoms with Crippen molar-refractivity contribution in [2.45, 2.75) is 40.3 Å². The average Bonchev–Trinajstić information content (AvgIpc) is 2.71. The summed E-state index contributed by atoms with van der Waals surface area (Å²) in [7, 11) is 0. The lowest BCUT2D eigenvalue weighted by molar-refractivity contribution is 0.0790. The number of piperazine rings is 1. The molecule has 1 atom stereocenters. The summed E-state index contributed by atoms with van der Waals surface area (Å²) in [5.74, 6) is -0.400. The van der Waals surface area contributed by atoms with Gasteiger partial charge in [-0.3, -0.25) is 14.6 Å². The molecule has 3 rings (SSSR count). The zero-order valence-corrected chi connectivity index (χ0v) is 19.7. The van der Waals surface area contributed by atoms with Crippen LogP contribution in [0.3, 0.4) is 0 Å². The molecule has 1 fully saturated rings. The van der Waals surface area contributed by atoms with Crippen molar-refractivity contribution >= 4 is 17.5 Å². The molecule has 0 radical (unpaired) electrons. The van der Waals surface area contributed by atoms with Crippen LogP contribution in [0.4, 0.5) is 4.39 Å². The Morgan fingerprint density at radius 2 is 1.68 bits per heavy atom. The maximum Gasteiger partial charge on any atom is 0.251 e. The molecule has 0 spiro atoms. The lowest BCUT2D eigenvalue weighted by atomic mass is 9.86. The lowest BCUT2D eigenvalue weighted by Gasteiger charge is -2.40. The van der Waals surface area contributed by atoms with Gasteiger partial charge in [0.1, 0.15) is 5.82 Å². The van der Waals surface area contributed by atoms with E-state index in [0.29, 0.717) is 5.56 Å². The van der Waals surface area contributed by atoms with Crippen molar-refractivity contribution in [3.05, 3.63) is 70.0 Å². The van der Waals surface area contributed by atoms with E-state index in [4.69, 9.17) is 11.6 Å². The number of nitrogens with one attached hydrogen (secondary N) is 1. The highest BCUT2D eigenvalue weighted by Gasteiger charge is 2.30. The van der Waals surface area contributed by atoms with E-state index in [-0.39, 0.29) is 28.2 Å². The van der Waals surface area contributed by atoms with Crippen LogP contribution in [0.5, 0.6) is 0 Å². The van der Waals surface area contributed by atoms with Crippen LogP contribution in [-0.2, 0) is 6.54 Å². The maximum atomic E-state index is 13.4. The SMILES string of the molecule is Cc1ccc(C(=O)NC(CN2CCN(Cc3ccc(F)c(Cl)c3)CC2)C(C)(C)C)cc1. The van der Waals surface area contributed by atoms with E-state index in [1.165, 1.54) is 6.07 Å². The Balaban J connectivity index is 1.54. The van der Waals surface area contributed by atoms with Crippen LogP contribution in [0.25, 0.3) is 0 Å². The molecule has 1 aliphatic rings. The Hall–Kier alpha value is -1.95. The van der Waals surface area contributed by atoms with Crippen LogP contribution >= 0.6 is 11.6 Å². The van der Waals surface area contributed by atoms with Crippen molar-refractivity contribution in [3.63, 3.8) is 0 Å². The molecule has 0 bridgehead atoms. The Labute approximate surface area is 190 Å². The second-order valence-corrected chi connectivity index (χ2v) is 9.99. The van der Waals surface area contributed by atoms with E-state index in [1.54, 1.807) is 12.1 Å². The van der Waals surface area contributed by atoms with E-state index in [0.717, 1.165) is 50.4 Å². The van der Waals surface area contributed by atoms with Gasteiger partial charge in [0, 0.05) is 50.9 Å². The van der Waals surface area contributed by atoms with Gasteiger partial charge >= 0.3 is 0 Å². The third kappa shape index (κ3) is 6.76. The minimum atomic E-state index is -0.379. The number of halogens is 2. The monoisotopic (exact) mass is 445 g/mol. The van der Waals surface area contributed by atoms with Crippen molar-refractivity contribution in [1.29, 1.82) is 0 Å². The van der Waals surface area contributed by atoms with Gasteiger partial charge in [0.15, 0.2) is 0 Å². The van der Waals surface area contributed by atoms with Crippen LogP contribution in [0.1, 0.15) is 42.3 Å². The first-order chi connectivity index (χ1) is 14.6. The number of amides is 1. The van der Waals surface area contributed by atoms with E-state index in [2.05, 4.69) is 35.9 Å². The summed E-state index contributed by atoms with van der Waals surface area (Å²) in [5, 5.41) is 3.43. The molecule has 1 unspecified atom stereocenters. The van der Waals surface area contributed by atoms with E-state index < -0.39 is 0 Å². The Morgan fingerprint density at radius 1 is 1.06 bits per heavy atom. The van der Waals surface area contributed by atoms with Gasteiger partial charge in [-0.15, -0.1) is 0 Å². The lowest BCUT2D eigenvalue weighted by Crippen LogP contribution is -2.54. The molecule has 2 aromatic rings. The number of rotatable bonds is 6. The fraction of sp³-hybridized carbons (Fsp3) is 0.480. The van der Waals surface area contributed by atoms with Crippen molar-refractivity contribution in [2.75, 3.05) is 32.7 Å². The Morgan fingerprint density at radius 3 is 2.26 bits per heavy atom. The molecule has 6 heteroatoms.